The topological polar surface area (TPSA) is 82.8 Å². The molecule has 0 bridgehead atoms. The Morgan fingerprint density at radius 2 is 2.16 bits per heavy atom. The van der Waals surface area contributed by atoms with Crippen molar-refractivity contribution in [3.05, 3.63) is 42.6 Å². The molecule has 3 aromatic rings. The molecule has 0 aromatic carbocycles. The fourth-order valence-corrected chi connectivity index (χ4v) is 1.65. The van der Waals surface area contributed by atoms with Crippen LogP contribution in [0, 0.1) is 0 Å². The molecule has 0 radical (unpaired) electrons. The van der Waals surface area contributed by atoms with Gasteiger partial charge in [0.25, 0.3) is 0 Å². The molecule has 0 aliphatic carbocycles. The molecule has 0 saturated heterocycles. The Morgan fingerprint density at radius 1 is 1.26 bits per heavy atom. The summed E-state index contributed by atoms with van der Waals surface area (Å²) in [5, 5.41) is 4.91. The van der Waals surface area contributed by atoms with E-state index in [0.29, 0.717) is 11.5 Å². The Bertz CT molecular complexity index is 738. The van der Waals surface area contributed by atoms with E-state index in [1.165, 1.54) is 13.3 Å². The summed E-state index contributed by atoms with van der Waals surface area (Å²) in [6, 6.07) is 5.45. The first-order valence-corrected chi connectivity index (χ1v) is 5.50. The maximum absolute atomic E-state index is 11.4. The highest BCUT2D eigenvalue weighted by Gasteiger charge is 2.13. The van der Waals surface area contributed by atoms with Crippen molar-refractivity contribution in [2.24, 2.45) is 0 Å². The minimum Gasteiger partial charge on any atom is -0.463 e. The summed E-state index contributed by atoms with van der Waals surface area (Å²) in [4.78, 5) is 23.7. The molecule has 0 saturated carbocycles. The molecule has 3 rings (SSSR count). The normalized spacial score (nSPS) is 10.6. The summed E-state index contributed by atoms with van der Waals surface area (Å²) in [6.45, 7) is 0. The van der Waals surface area contributed by atoms with Crippen molar-refractivity contribution >= 4 is 17.0 Å². The van der Waals surface area contributed by atoms with Gasteiger partial charge in [0, 0.05) is 12.4 Å². The third-order valence-corrected chi connectivity index (χ3v) is 2.54. The molecule has 0 amide bonds. The molecule has 7 heteroatoms. The average molecular weight is 255 g/mol. The number of hydrogen-bond acceptors (Lipinski definition) is 6. The van der Waals surface area contributed by atoms with Crippen LogP contribution in [0.25, 0.3) is 16.9 Å². The number of hydrogen-bond donors (Lipinski definition) is 0. The van der Waals surface area contributed by atoms with E-state index in [2.05, 4.69) is 24.8 Å². The van der Waals surface area contributed by atoms with Crippen molar-refractivity contribution in [2.45, 2.75) is 0 Å². The van der Waals surface area contributed by atoms with Crippen molar-refractivity contribution < 1.29 is 9.53 Å². The van der Waals surface area contributed by atoms with Gasteiger partial charge in [0.15, 0.2) is 11.5 Å². The number of nitrogens with zero attached hydrogens (tertiary/aromatic N) is 5. The summed E-state index contributed by atoms with van der Waals surface area (Å²) in [5.74, 6) is 0.0235. The van der Waals surface area contributed by atoms with Crippen LogP contribution in [0.4, 0.5) is 0 Å². The minimum absolute atomic E-state index is 0.00678. The van der Waals surface area contributed by atoms with Gasteiger partial charge in [-0.3, -0.25) is 0 Å². The SMILES string of the molecule is COC(=O)c1ncc2cnn(-c3ccccn3)c2n1. The molecule has 0 aliphatic heterocycles. The quantitative estimate of drug-likeness (QED) is 0.635. The summed E-state index contributed by atoms with van der Waals surface area (Å²) >= 11 is 0. The van der Waals surface area contributed by atoms with Gasteiger partial charge >= 0.3 is 5.97 Å². The van der Waals surface area contributed by atoms with Crippen LogP contribution in [0.1, 0.15) is 10.6 Å². The highest BCUT2D eigenvalue weighted by atomic mass is 16.5. The van der Waals surface area contributed by atoms with Crippen molar-refractivity contribution in [1.29, 1.82) is 0 Å². The predicted molar refractivity (Wildman–Crippen MR) is 65.8 cm³/mol. The number of ether oxygens (including phenoxy) is 1. The van der Waals surface area contributed by atoms with E-state index in [-0.39, 0.29) is 5.82 Å². The molecule has 0 fully saturated rings. The molecule has 3 heterocycles. The van der Waals surface area contributed by atoms with E-state index in [4.69, 9.17) is 0 Å². The second kappa shape index (κ2) is 4.45. The second-order valence-electron chi connectivity index (χ2n) is 3.71. The van der Waals surface area contributed by atoms with E-state index < -0.39 is 5.97 Å². The number of carbonyl (C=O) groups is 1. The van der Waals surface area contributed by atoms with Gasteiger partial charge in [-0.05, 0) is 12.1 Å². The van der Waals surface area contributed by atoms with Crippen molar-refractivity contribution in [3.63, 3.8) is 0 Å². The number of rotatable bonds is 2. The third kappa shape index (κ3) is 1.90. The zero-order chi connectivity index (χ0) is 13.2. The summed E-state index contributed by atoms with van der Waals surface area (Å²) in [6.07, 6.45) is 4.80. The first kappa shape index (κ1) is 11.3. The van der Waals surface area contributed by atoms with Crippen LogP contribution in [0.3, 0.4) is 0 Å². The van der Waals surface area contributed by atoms with Crippen molar-refractivity contribution in [1.82, 2.24) is 24.7 Å². The van der Waals surface area contributed by atoms with Crippen LogP contribution < -0.4 is 0 Å². The number of esters is 1. The highest BCUT2D eigenvalue weighted by Crippen LogP contribution is 2.14. The maximum atomic E-state index is 11.4. The summed E-state index contributed by atoms with van der Waals surface area (Å²) in [5.41, 5.74) is 0.508. The molecular weight excluding hydrogens is 246 g/mol. The van der Waals surface area contributed by atoms with E-state index in [0.717, 1.165) is 5.39 Å². The standard InChI is InChI=1S/C12H9N5O2/c1-19-12(18)10-14-6-8-7-15-17(11(8)16-10)9-4-2-3-5-13-9/h2-7H,1H3. The number of methoxy groups -OCH3 is 1. The van der Waals surface area contributed by atoms with Gasteiger partial charge < -0.3 is 4.74 Å². The lowest BCUT2D eigenvalue weighted by atomic mass is 10.4. The lowest BCUT2D eigenvalue weighted by molar-refractivity contribution is 0.0587. The van der Waals surface area contributed by atoms with Gasteiger partial charge in [0.2, 0.25) is 5.82 Å². The average Bonchev–Trinajstić information content (AvgIpc) is 2.90. The Balaban J connectivity index is 2.19. The van der Waals surface area contributed by atoms with Crippen LogP contribution in [0.2, 0.25) is 0 Å². The van der Waals surface area contributed by atoms with E-state index in [1.807, 2.05) is 12.1 Å². The Kier molecular flexibility index (Phi) is 2.64. The Morgan fingerprint density at radius 3 is 2.89 bits per heavy atom. The molecule has 0 aliphatic rings. The van der Waals surface area contributed by atoms with Crippen LogP contribution in [0.15, 0.2) is 36.8 Å². The number of pyridine rings is 1. The van der Waals surface area contributed by atoms with Crippen molar-refractivity contribution in [2.75, 3.05) is 7.11 Å². The lowest BCUT2D eigenvalue weighted by Gasteiger charge is -2.02. The summed E-state index contributed by atoms with van der Waals surface area (Å²) < 4.78 is 6.14. The van der Waals surface area contributed by atoms with E-state index >= 15 is 0 Å². The monoisotopic (exact) mass is 255 g/mol. The van der Waals surface area contributed by atoms with Gasteiger partial charge in [-0.1, -0.05) is 6.07 Å². The second-order valence-corrected chi connectivity index (χ2v) is 3.71. The molecule has 0 spiro atoms. The van der Waals surface area contributed by atoms with Gasteiger partial charge in [-0.2, -0.15) is 9.78 Å². The fourth-order valence-electron chi connectivity index (χ4n) is 1.65. The molecule has 3 aromatic heterocycles. The predicted octanol–water partition coefficient (Wildman–Crippen LogP) is 0.997. The van der Waals surface area contributed by atoms with Crippen LogP contribution in [-0.4, -0.2) is 37.8 Å². The largest absolute Gasteiger partial charge is 0.463 e. The molecule has 0 atom stereocenters. The molecule has 0 N–H and O–H groups in total. The zero-order valence-corrected chi connectivity index (χ0v) is 10.0. The van der Waals surface area contributed by atoms with Gasteiger partial charge in [-0.25, -0.2) is 19.7 Å². The number of aromatic nitrogens is 5. The van der Waals surface area contributed by atoms with E-state index in [1.54, 1.807) is 23.1 Å². The molecule has 0 unspecified atom stereocenters. The van der Waals surface area contributed by atoms with Crippen molar-refractivity contribution in [3.8, 4) is 5.82 Å². The Labute approximate surface area is 107 Å². The van der Waals surface area contributed by atoms with Crippen LogP contribution in [0.5, 0.6) is 0 Å². The third-order valence-electron chi connectivity index (χ3n) is 2.54. The van der Waals surface area contributed by atoms with Gasteiger partial charge in [0.1, 0.15) is 0 Å². The maximum Gasteiger partial charge on any atom is 0.376 e. The molecule has 19 heavy (non-hydrogen) atoms. The lowest BCUT2D eigenvalue weighted by Crippen LogP contribution is -2.08. The zero-order valence-electron chi connectivity index (χ0n) is 10.0. The fraction of sp³-hybridized carbons (Fsp3) is 0.0833. The first-order chi connectivity index (χ1) is 9.29. The summed E-state index contributed by atoms with van der Waals surface area (Å²) in [7, 11) is 1.28. The first-order valence-electron chi connectivity index (χ1n) is 5.50. The smallest absolute Gasteiger partial charge is 0.376 e. The molecule has 7 nitrogen and oxygen atoms in total. The molecular formula is C12H9N5O2. The Hall–Kier alpha value is -2.83. The van der Waals surface area contributed by atoms with E-state index in [9.17, 15) is 4.79 Å². The van der Waals surface area contributed by atoms with Gasteiger partial charge in [0.05, 0.1) is 18.7 Å². The number of fused-ring (bicyclic) bond motifs is 1. The van der Waals surface area contributed by atoms with Gasteiger partial charge in [-0.15, -0.1) is 0 Å². The molecule has 94 valence electrons. The number of carbonyl (C=O) groups excluding carboxylic acids is 1. The highest BCUT2D eigenvalue weighted by molar-refractivity contribution is 5.87. The van der Waals surface area contributed by atoms with Crippen LogP contribution >= 0.6 is 0 Å². The van der Waals surface area contributed by atoms with Crippen LogP contribution in [-0.2, 0) is 4.74 Å². The minimum atomic E-state index is -0.587.